The molecule has 1 aromatic rings. The van der Waals surface area contributed by atoms with Crippen molar-refractivity contribution in [3.8, 4) is 0 Å². The molecule has 0 heterocycles. The Balaban J connectivity index is 2.36. The zero-order chi connectivity index (χ0) is 17.2. The van der Waals surface area contributed by atoms with Gasteiger partial charge in [0.05, 0.1) is 5.56 Å². The van der Waals surface area contributed by atoms with Gasteiger partial charge in [-0.2, -0.15) is 0 Å². The van der Waals surface area contributed by atoms with Gasteiger partial charge in [0.25, 0.3) is 5.91 Å². The Morgan fingerprint density at radius 2 is 1.74 bits per heavy atom. The fraction of sp³-hybridized carbons (Fsp3) is 0.471. The van der Waals surface area contributed by atoms with E-state index < -0.39 is 5.97 Å². The van der Waals surface area contributed by atoms with Crippen LogP contribution in [0.5, 0.6) is 0 Å². The Hall–Kier alpha value is -2.37. The Kier molecular flexibility index (Phi) is 7.80. The quantitative estimate of drug-likeness (QED) is 0.713. The van der Waals surface area contributed by atoms with E-state index in [1.54, 1.807) is 24.3 Å². The van der Waals surface area contributed by atoms with E-state index in [1.807, 2.05) is 0 Å². The lowest BCUT2D eigenvalue weighted by Gasteiger charge is -2.08. The summed E-state index contributed by atoms with van der Waals surface area (Å²) in [5.74, 6) is -0.456. The lowest BCUT2D eigenvalue weighted by Crippen LogP contribution is -2.30. The van der Waals surface area contributed by atoms with Gasteiger partial charge in [0, 0.05) is 20.0 Å². The van der Waals surface area contributed by atoms with E-state index in [1.165, 1.54) is 6.92 Å². The third-order valence-corrected chi connectivity index (χ3v) is 3.11. The molecule has 0 unspecified atom stereocenters. The minimum atomic E-state index is -0.546. The predicted molar refractivity (Wildman–Crippen MR) is 86.7 cm³/mol. The zero-order valence-electron chi connectivity index (χ0n) is 13.8. The van der Waals surface area contributed by atoms with Crippen molar-refractivity contribution in [2.24, 2.45) is 5.92 Å². The topological polar surface area (TPSA) is 84.5 Å². The molecule has 0 aliphatic heterocycles. The van der Waals surface area contributed by atoms with Gasteiger partial charge in [0.2, 0.25) is 5.91 Å². The molecular weight excluding hydrogens is 296 g/mol. The molecule has 2 amide bonds. The lowest BCUT2D eigenvalue weighted by molar-refractivity contribution is -0.124. The van der Waals surface area contributed by atoms with Crippen molar-refractivity contribution in [3.05, 3.63) is 35.4 Å². The SMILES string of the molecule is CC(=O)NCc1ccc(C(=O)OCC(=O)NCCC(C)C)cc1. The highest BCUT2D eigenvalue weighted by Gasteiger charge is 2.10. The minimum absolute atomic E-state index is 0.114. The van der Waals surface area contributed by atoms with Gasteiger partial charge in [0.15, 0.2) is 6.61 Å². The van der Waals surface area contributed by atoms with E-state index in [0.29, 0.717) is 24.6 Å². The van der Waals surface area contributed by atoms with Crippen LogP contribution in [0, 0.1) is 5.92 Å². The van der Waals surface area contributed by atoms with Crippen molar-refractivity contribution >= 4 is 17.8 Å². The van der Waals surface area contributed by atoms with Crippen LogP contribution in [-0.2, 0) is 20.9 Å². The number of amides is 2. The monoisotopic (exact) mass is 320 g/mol. The third-order valence-electron chi connectivity index (χ3n) is 3.11. The van der Waals surface area contributed by atoms with Crippen LogP contribution in [0.2, 0.25) is 0 Å². The second-order valence-electron chi connectivity index (χ2n) is 5.72. The fourth-order valence-electron chi connectivity index (χ4n) is 1.75. The van der Waals surface area contributed by atoms with Crippen molar-refractivity contribution in [2.75, 3.05) is 13.2 Å². The van der Waals surface area contributed by atoms with Crippen LogP contribution in [0.15, 0.2) is 24.3 Å². The molecule has 0 bridgehead atoms. The summed E-state index contributed by atoms with van der Waals surface area (Å²) in [6, 6.07) is 6.68. The highest BCUT2D eigenvalue weighted by atomic mass is 16.5. The Labute approximate surface area is 136 Å². The summed E-state index contributed by atoms with van der Waals surface area (Å²) in [4.78, 5) is 34.2. The number of ether oxygens (including phenoxy) is 1. The van der Waals surface area contributed by atoms with Gasteiger partial charge in [-0.1, -0.05) is 26.0 Å². The molecule has 1 rings (SSSR count). The van der Waals surface area contributed by atoms with Crippen LogP contribution in [0.4, 0.5) is 0 Å². The van der Waals surface area contributed by atoms with E-state index in [2.05, 4.69) is 24.5 Å². The molecule has 2 N–H and O–H groups in total. The summed E-state index contributed by atoms with van der Waals surface area (Å²) in [6.45, 7) is 6.28. The molecule has 0 radical (unpaired) electrons. The summed E-state index contributed by atoms with van der Waals surface area (Å²) in [7, 11) is 0. The number of esters is 1. The number of nitrogens with one attached hydrogen (secondary N) is 2. The lowest BCUT2D eigenvalue weighted by atomic mass is 10.1. The predicted octanol–water partition coefficient (Wildman–Crippen LogP) is 1.64. The highest BCUT2D eigenvalue weighted by Crippen LogP contribution is 2.06. The van der Waals surface area contributed by atoms with E-state index in [4.69, 9.17) is 4.74 Å². The maximum absolute atomic E-state index is 11.8. The second kappa shape index (κ2) is 9.61. The molecule has 0 aliphatic rings. The number of carbonyl (C=O) groups is 3. The molecule has 6 heteroatoms. The number of rotatable bonds is 8. The van der Waals surface area contributed by atoms with Crippen LogP contribution in [0.1, 0.15) is 43.1 Å². The number of benzene rings is 1. The van der Waals surface area contributed by atoms with Gasteiger partial charge in [0.1, 0.15) is 0 Å². The fourth-order valence-corrected chi connectivity index (χ4v) is 1.75. The second-order valence-corrected chi connectivity index (χ2v) is 5.72. The first-order chi connectivity index (χ1) is 10.9. The summed E-state index contributed by atoms with van der Waals surface area (Å²) < 4.78 is 4.96. The van der Waals surface area contributed by atoms with Gasteiger partial charge in [-0.25, -0.2) is 4.79 Å². The van der Waals surface area contributed by atoms with E-state index in [9.17, 15) is 14.4 Å². The van der Waals surface area contributed by atoms with E-state index in [-0.39, 0.29) is 18.4 Å². The molecule has 0 spiro atoms. The normalized spacial score (nSPS) is 10.3. The molecule has 23 heavy (non-hydrogen) atoms. The molecule has 0 fully saturated rings. The van der Waals surface area contributed by atoms with Crippen molar-refractivity contribution in [3.63, 3.8) is 0 Å². The Bertz CT molecular complexity index is 538. The third kappa shape index (κ3) is 7.99. The summed E-state index contributed by atoms with van der Waals surface area (Å²) in [6.07, 6.45) is 0.884. The number of carbonyl (C=O) groups excluding carboxylic acids is 3. The first-order valence-electron chi connectivity index (χ1n) is 7.65. The molecule has 0 aliphatic carbocycles. The summed E-state index contributed by atoms with van der Waals surface area (Å²) in [5.41, 5.74) is 1.25. The molecule has 1 aromatic carbocycles. The Morgan fingerprint density at radius 3 is 2.30 bits per heavy atom. The minimum Gasteiger partial charge on any atom is -0.452 e. The molecule has 126 valence electrons. The van der Waals surface area contributed by atoms with Crippen molar-refractivity contribution in [1.82, 2.24) is 10.6 Å². The van der Waals surface area contributed by atoms with Crippen LogP contribution < -0.4 is 10.6 Å². The van der Waals surface area contributed by atoms with Gasteiger partial charge >= 0.3 is 5.97 Å². The van der Waals surface area contributed by atoms with Gasteiger partial charge in [-0.05, 0) is 30.0 Å². The number of hydrogen-bond donors (Lipinski definition) is 2. The summed E-state index contributed by atoms with van der Waals surface area (Å²) >= 11 is 0. The van der Waals surface area contributed by atoms with Crippen molar-refractivity contribution in [2.45, 2.75) is 33.7 Å². The van der Waals surface area contributed by atoms with Crippen LogP contribution in [0.25, 0.3) is 0 Å². The van der Waals surface area contributed by atoms with Crippen LogP contribution in [0.3, 0.4) is 0 Å². The summed E-state index contributed by atoms with van der Waals surface area (Å²) in [5, 5.41) is 5.37. The molecule has 0 atom stereocenters. The smallest absolute Gasteiger partial charge is 0.338 e. The maximum atomic E-state index is 11.8. The first kappa shape index (κ1) is 18.7. The molecule has 0 saturated heterocycles. The molecular formula is C17H24N2O4. The van der Waals surface area contributed by atoms with Gasteiger partial charge in [-0.3, -0.25) is 9.59 Å². The van der Waals surface area contributed by atoms with Crippen LogP contribution >= 0.6 is 0 Å². The van der Waals surface area contributed by atoms with Crippen molar-refractivity contribution < 1.29 is 19.1 Å². The average molecular weight is 320 g/mol. The molecule has 6 nitrogen and oxygen atoms in total. The first-order valence-corrected chi connectivity index (χ1v) is 7.65. The van der Waals surface area contributed by atoms with E-state index in [0.717, 1.165) is 12.0 Å². The van der Waals surface area contributed by atoms with Crippen LogP contribution in [-0.4, -0.2) is 30.9 Å². The molecule has 0 aromatic heterocycles. The number of hydrogen-bond acceptors (Lipinski definition) is 4. The molecule has 0 saturated carbocycles. The van der Waals surface area contributed by atoms with E-state index >= 15 is 0 Å². The maximum Gasteiger partial charge on any atom is 0.338 e. The highest BCUT2D eigenvalue weighted by molar-refractivity contribution is 5.91. The standard InChI is InChI=1S/C17H24N2O4/c1-12(2)8-9-18-16(21)11-23-17(22)15-6-4-14(5-7-15)10-19-13(3)20/h4-7,12H,8-11H2,1-3H3,(H,18,21)(H,19,20). The largest absolute Gasteiger partial charge is 0.452 e. The Morgan fingerprint density at radius 1 is 1.09 bits per heavy atom. The van der Waals surface area contributed by atoms with Crippen molar-refractivity contribution in [1.29, 1.82) is 0 Å². The van der Waals surface area contributed by atoms with Gasteiger partial charge < -0.3 is 15.4 Å². The van der Waals surface area contributed by atoms with Gasteiger partial charge in [-0.15, -0.1) is 0 Å². The average Bonchev–Trinajstić information content (AvgIpc) is 2.50. The zero-order valence-corrected chi connectivity index (χ0v) is 13.8.